The summed E-state index contributed by atoms with van der Waals surface area (Å²) in [5, 5.41) is 17.6. The third kappa shape index (κ3) is 3.39. The number of nitrogens with zero attached hydrogens (tertiary/aromatic N) is 2. The van der Waals surface area contributed by atoms with Gasteiger partial charge < -0.3 is 24.0 Å². The molecule has 0 saturated heterocycles. The van der Waals surface area contributed by atoms with Crippen molar-refractivity contribution < 1.29 is 24.2 Å². The monoisotopic (exact) mass is 326 g/mol. The zero-order chi connectivity index (χ0) is 17.1. The highest BCUT2D eigenvalue weighted by molar-refractivity contribution is 6.33. The van der Waals surface area contributed by atoms with Gasteiger partial charge in [-0.15, -0.1) is 0 Å². The van der Waals surface area contributed by atoms with Gasteiger partial charge in [0, 0.05) is 6.54 Å². The molecule has 1 aromatic heterocycles. The maximum atomic E-state index is 11.7. The van der Waals surface area contributed by atoms with Crippen LogP contribution in [0.4, 0.5) is 0 Å². The lowest BCUT2D eigenvalue weighted by atomic mass is 10.1. The number of methoxy groups -OCH3 is 1. The fraction of sp³-hybridized carbons (Fsp3) is 0.125. The molecule has 0 amide bonds. The van der Waals surface area contributed by atoms with Crippen molar-refractivity contribution in [2.24, 2.45) is 0 Å². The number of hydrogen-bond acceptors (Lipinski definition) is 6. The summed E-state index contributed by atoms with van der Waals surface area (Å²) >= 11 is 0. The minimum atomic E-state index is -1.84. The number of ether oxygens (including phenoxy) is 1. The summed E-state index contributed by atoms with van der Waals surface area (Å²) in [7, 11) is -0.498. The van der Waals surface area contributed by atoms with Crippen molar-refractivity contribution in [1.29, 1.82) is 0 Å². The van der Waals surface area contributed by atoms with Crippen LogP contribution < -0.4 is 4.65 Å². The molecule has 0 bridgehead atoms. The number of esters is 1. The van der Waals surface area contributed by atoms with Gasteiger partial charge in [0.1, 0.15) is 5.75 Å². The van der Waals surface area contributed by atoms with Crippen LogP contribution in [0.3, 0.4) is 0 Å². The molecule has 0 unspecified atom stereocenters. The zero-order valence-corrected chi connectivity index (χ0v) is 12.9. The SMILES string of the molecule is COC(=O)c1ccc2ncn(Cc3ccc(OB(O)O)cc3)c2c1. The third-order valence-electron chi connectivity index (χ3n) is 3.56. The number of imidazole rings is 1. The van der Waals surface area contributed by atoms with Crippen molar-refractivity contribution in [3.05, 3.63) is 59.9 Å². The minimum Gasteiger partial charge on any atom is -0.512 e. The van der Waals surface area contributed by atoms with E-state index in [2.05, 4.69) is 4.98 Å². The number of carbonyl (C=O) groups excluding carboxylic acids is 1. The van der Waals surface area contributed by atoms with Crippen molar-refractivity contribution in [1.82, 2.24) is 9.55 Å². The number of benzene rings is 2. The highest BCUT2D eigenvalue weighted by Gasteiger charge is 2.12. The lowest BCUT2D eigenvalue weighted by Crippen LogP contribution is -2.20. The maximum Gasteiger partial charge on any atom is 0.707 e. The predicted octanol–water partition coefficient (Wildman–Crippen LogP) is 1.22. The summed E-state index contributed by atoms with van der Waals surface area (Å²) < 4.78 is 11.4. The molecule has 1 heterocycles. The minimum absolute atomic E-state index is 0.359. The molecule has 0 radical (unpaired) electrons. The van der Waals surface area contributed by atoms with Crippen LogP contribution in [0, 0.1) is 0 Å². The molecule has 3 rings (SSSR count). The smallest absolute Gasteiger partial charge is 0.512 e. The second kappa shape index (κ2) is 6.73. The Morgan fingerprint density at radius 3 is 2.62 bits per heavy atom. The number of carbonyl (C=O) groups is 1. The van der Waals surface area contributed by atoms with Crippen molar-refractivity contribution in [3.63, 3.8) is 0 Å². The molecule has 2 N–H and O–H groups in total. The van der Waals surface area contributed by atoms with Crippen molar-refractivity contribution in [2.45, 2.75) is 6.54 Å². The van der Waals surface area contributed by atoms with E-state index >= 15 is 0 Å². The first-order chi connectivity index (χ1) is 11.6. The molecule has 24 heavy (non-hydrogen) atoms. The Morgan fingerprint density at radius 1 is 1.21 bits per heavy atom. The average molecular weight is 326 g/mol. The fourth-order valence-electron chi connectivity index (χ4n) is 2.42. The van der Waals surface area contributed by atoms with E-state index in [-0.39, 0.29) is 0 Å². The maximum absolute atomic E-state index is 11.7. The number of rotatable bonds is 5. The van der Waals surface area contributed by atoms with Gasteiger partial charge in [0.05, 0.1) is 30.0 Å². The van der Waals surface area contributed by atoms with Crippen molar-refractivity contribution >= 4 is 24.3 Å². The van der Waals surface area contributed by atoms with Crippen LogP contribution in [0.15, 0.2) is 48.8 Å². The van der Waals surface area contributed by atoms with E-state index in [1.54, 1.807) is 36.7 Å². The quantitative estimate of drug-likeness (QED) is 0.541. The molecular weight excluding hydrogens is 311 g/mol. The van der Waals surface area contributed by atoms with Gasteiger partial charge in [-0.1, -0.05) is 12.1 Å². The van der Waals surface area contributed by atoms with Gasteiger partial charge in [-0.2, -0.15) is 0 Å². The molecule has 2 aromatic carbocycles. The Balaban J connectivity index is 1.85. The Labute approximate surface area is 138 Å². The molecule has 0 aliphatic carbocycles. The summed E-state index contributed by atoms with van der Waals surface area (Å²) in [6.45, 7) is 0.545. The Hall–Kier alpha value is -2.84. The second-order valence-corrected chi connectivity index (χ2v) is 5.16. The first kappa shape index (κ1) is 16.0. The molecule has 122 valence electrons. The van der Waals surface area contributed by atoms with Crippen LogP contribution in [-0.4, -0.2) is 40.0 Å². The average Bonchev–Trinajstić information content (AvgIpc) is 2.97. The first-order valence-electron chi connectivity index (χ1n) is 7.22. The molecule has 3 aromatic rings. The Morgan fingerprint density at radius 2 is 1.96 bits per heavy atom. The highest BCUT2D eigenvalue weighted by Crippen LogP contribution is 2.19. The van der Waals surface area contributed by atoms with Crippen molar-refractivity contribution in [2.75, 3.05) is 7.11 Å². The highest BCUT2D eigenvalue weighted by atomic mass is 16.6. The fourth-order valence-corrected chi connectivity index (χ4v) is 2.42. The van der Waals surface area contributed by atoms with Gasteiger partial charge in [-0.05, 0) is 35.9 Å². The summed E-state index contributed by atoms with van der Waals surface area (Å²) in [5.41, 5.74) is 3.04. The first-order valence-corrected chi connectivity index (χ1v) is 7.22. The molecule has 0 saturated carbocycles. The summed E-state index contributed by atoms with van der Waals surface area (Å²) in [6, 6.07) is 12.1. The lowest BCUT2D eigenvalue weighted by Gasteiger charge is -2.08. The van der Waals surface area contributed by atoms with Crippen LogP contribution in [0.5, 0.6) is 5.75 Å². The molecular formula is C16H15BN2O5. The van der Waals surface area contributed by atoms with E-state index in [4.69, 9.17) is 19.4 Å². The van der Waals surface area contributed by atoms with Crippen LogP contribution in [-0.2, 0) is 11.3 Å². The van der Waals surface area contributed by atoms with Gasteiger partial charge in [-0.3, -0.25) is 0 Å². The van der Waals surface area contributed by atoms with Gasteiger partial charge >= 0.3 is 13.3 Å². The van der Waals surface area contributed by atoms with Crippen LogP contribution in [0.1, 0.15) is 15.9 Å². The van der Waals surface area contributed by atoms with Crippen molar-refractivity contribution in [3.8, 4) is 5.75 Å². The van der Waals surface area contributed by atoms with E-state index in [1.165, 1.54) is 7.11 Å². The molecule has 0 aliphatic heterocycles. The van der Waals surface area contributed by atoms with Crippen LogP contribution in [0.2, 0.25) is 0 Å². The predicted molar refractivity (Wildman–Crippen MR) is 87.4 cm³/mol. The van der Waals surface area contributed by atoms with Gasteiger partial charge in [0.25, 0.3) is 0 Å². The second-order valence-electron chi connectivity index (χ2n) is 5.16. The number of aromatic nitrogens is 2. The summed E-state index contributed by atoms with van der Waals surface area (Å²) in [5.74, 6) is -0.0362. The van der Waals surface area contributed by atoms with Gasteiger partial charge in [0.2, 0.25) is 0 Å². The molecule has 0 fully saturated rings. The van der Waals surface area contributed by atoms with Gasteiger partial charge in [-0.25, -0.2) is 9.78 Å². The standard InChI is InChI=1S/C16H15BN2O5/c1-23-16(20)12-4-7-14-15(8-12)19(10-18-14)9-11-2-5-13(6-3-11)24-17(21)22/h2-8,10,21-22H,9H2,1H3. The molecule has 0 atom stereocenters. The Kier molecular flexibility index (Phi) is 4.50. The molecule has 7 nitrogen and oxygen atoms in total. The number of fused-ring (bicyclic) bond motifs is 1. The third-order valence-corrected chi connectivity index (χ3v) is 3.56. The van der Waals surface area contributed by atoms with E-state index < -0.39 is 13.3 Å². The summed E-state index contributed by atoms with van der Waals surface area (Å²) in [6.07, 6.45) is 1.70. The molecule has 0 spiro atoms. The van der Waals surface area contributed by atoms with E-state index in [0.29, 0.717) is 17.9 Å². The Bertz CT molecular complexity index is 861. The van der Waals surface area contributed by atoms with E-state index in [9.17, 15) is 4.79 Å². The largest absolute Gasteiger partial charge is 0.707 e. The van der Waals surface area contributed by atoms with Crippen LogP contribution >= 0.6 is 0 Å². The molecule has 8 heteroatoms. The normalized spacial score (nSPS) is 10.6. The van der Waals surface area contributed by atoms with Gasteiger partial charge in [0.15, 0.2) is 0 Å². The van der Waals surface area contributed by atoms with E-state index in [0.717, 1.165) is 16.6 Å². The van der Waals surface area contributed by atoms with Crippen LogP contribution in [0.25, 0.3) is 11.0 Å². The topological polar surface area (TPSA) is 93.8 Å². The van der Waals surface area contributed by atoms with E-state index in [1.807, 2.05) is 16.7 Å². The number of hydrogen-bond donors (Lipinski definition) is 2. The lowest BCUT2D eigenvalue weighted by molar-refractivity contribution is 0.0601. The molecule has 0 aliphatic rings. The zero-order valence-electron chi connectivity index (χ0n) is 12.9. The summed E-state index contributed by atoms with van der Waals surface area (Å²) in [4.78, 5) is 16.0.